The van der Waals surface area contributed by atoms with Gasteiger partial charge >= 0.3 is 0 Å². The average molecular weight is 403 g/mol. The van der Waals surface area contributed by atoms with Crippen LogP contribution in [0.4, 0.5) is 21.5 Å². The number of carbonyl (C=O) groups excluding carboxylic acids is 1. The number of anilines is 1. The van der Waals surface area contributed by atoms with Gasteiger partial charge in [0.2, 0.25) is 5.91 Å². The summed E-state index contributed by atoms with van der Waals surface area (Å²) in [6.45, 7) is 0. The predicted molar refractivity (Wildman–Crippen MR) is 118 cm³/mol. The molecule has 3 aromatic rings. The van der Waals surface area contributed by atoms with Gasteiger partial charge < -0.3 is 5.32 Å². The molecule has 0 saturated heterocycles. The molecule has 4 rings (SSSR count). The van der Waals surface area contributed by atoms with Gasteiger partial charge in [0.15, 0.2) is 0 Å². The highest BCUT2D eigenvalue weighted by molar-refractivity contribution is 8.14. The highest BCUT2D eigenvalue weighted by atomic mass is 32.2. The number of nitrogens with one attached hydrogen (secondary N) is 1. The molecule has 1 amide bonds. The second kappa shape index (κ2) is 8.84. The molecule has 0 atom stereocenters. The highest BCUT2D eigenvalue weighted by Gasteiger charge is 2.16. The maximum absolute atomic E-state index is 13.0. The van der Waals surface area contributed by atoms with Gasteiger partial charge in [-0.15, -0.1) is 11.8 Å². The van der Waals surface area contributed by atoms with Crippen LogP contribution in [0.1, 0.15) is 12.0 Å². The number of benzene rings is 3. The van der Waals surface area contributed by atoms with Crippen LogP contribution >= 0.6 is 11.8 Å². The fourth-order valence-corrected chi connectivity index (χ4v) is 3.69. The number of hydrogen-bond donors (Lipinski definition) is 1. The first-order valence-corrected chi connectivity index (χ1v) is 10.1. The summed E-state index contributed by atoms with van der Waals surface area (Å²) in [6, 6.07) is 23.4. The molecular weight excluding hydrogens is 385 g/mol. The van der Waals surface area contributed by atoms with Crippen molar-refractivity contribution >= 4 is 45.5 Å². The number of para-hydroxylation sites is 2. The molecular formula is C23H18FN3OS. The van der Waals surface area contributed by atoms with Crippen molar-refractivity contribution in [3.8, 4) is 0 Å². The molecule has 0 unspecified atom stereocenters. The zero-order valence-corrected chi connectivity index (χ0v) is 16.3. The number of halogens is 1. The summed E-state index contributed by atoms with van der Waals surface area (Å²) in [5.74, 6) is -0.294. The van der Waals surface area contributed by atoms with Crippen LogP contribution in [0, 0.1) is 5.82 Å². The Morgan fingerprint density at radius 3 is 2.28 bits per heavy atom. The van der Waals surface area contributed by atoms with Crippen LogP contribution in [-0.2, 0) is 4.79 Å². The van der Waals surface area contributed by atoms with Crippen molar-refractivity contribution in [2.24, 2.45) is 9.98 Å². The third kappa shape index (κ3) is 4.97. The summed E-state index contributed by atoms with van der Waals surface area (Å²) in [6.07, 6.45) is 0.549. The molecule has 144 valence electrons. The fraction of sp³-hybridized carbons (Fsp3) is 0.0870. The van der Waals surface area contributed by atoms with Gasteiger partial charge in [0.25, 0.3) is 0 Å². The fourth-order valence-electron chi connectivity index (χ4n) is 2.91. The van der Waals surface area contributed by atoms with E-state index in [9.17, 15) is 9.18 Å². The SMILES string of the molecule is O=C(CSC1=Nc2ccccc2N=C(c2ccccc2)C1)Nc1ccc(F)cc1. The molecule has 0 spiro atoms. The number of hydrogen-bond acceptors (Lipinski definition) is 4. The molecule has 1 N–H and O–H groups in total. The first kappa shape index (κ1) is 19.1. The smallest absolute Gasteiger partial charge is 0.234 e. The van der Waals surface area contributed by atoms with Crippen LogP contribution in [-0.4, -0.2) is 22.4 Å². The summed E-state index contributed by atoms with van der Waals surface area (Å²) >= 11 is 1.39. The van der Waals surface area contributed by atoms with Gasteiger partial charge in [-0.1, -0.05) is 42.5 Å². The van der Waals surface area contributed by atoms with Gasteiger partial charge in [-0.3, -0.25) is 9.79 Å². The van der Waals surface area contributed by atoms with Crippen molar-refractivity contribution in [1.29, 1.82) is 0 Å². The highest BCUT2D eigenvalue weighted by Crippen LogP contribution is 2.33. The van der Waals surface area contributed by atoms with Crippen LogP contribution in [0.2, 0.25) is 0 Å². The van der Waals surface area contributed by atoms with Crippen molar-refractivity contribution in [3.05, 3.63) is 90.2 Å². The minimum absolute atomic E-state index is 0.167. The van der Waals surface area contributed by atoms with Crippen LogP contribution in [0.3, 0.4) is 0 Å². The van der Waals surface area contributed by atoms with E-state index in [0.717, 1.165) is 27.7 Å². The Morgan fingerprint density at radius 1 is 0.897 bits per heavy atom. The van der Waals surface area contributed by atoms with E-state index in [0.29, 0.717) is 12.1 Å². The third-order valence-corrected chi connectivity index (χ3v) is 5.28. The summed E-state index contributed by atoms with van der Waals surface area (Å²) in [5.41, 5.74) is 4.13. The van der Waals surface area contributed by atoms with E-state index < -0.39 is 0 Å². The Bertz CT molecular complexity index is 1080. The summed E-state index contributed by atoms with van der Waals surface area (Å²) in [4.78, 5) is 21.9. The standard InChI is InChI=1S/C23H18FN3OS/c24-17-10-12-18(13-11-17)25-22(28)15-29-23-14-21(16-6-2-1-3-7-16)26-19-8-4-5-9-20(19)27-23/h1-13H,14-15H2,(H,25,28). The second-order valence-electron chi connectivity index (χ2n) is 6.44. The molecule has 0 saturated carbocycles. The maximum Gasteiger partial charge on any atom is 0.234 e. The van der Waals surface area contributed by atoms with E-state index in [1.54, 1.807) is 0 Å². The van der Waals surface area contributed by atoms with Crippen molar-refractivity contribution in [2.45, 2.75) is 6.42 Å². The maximum atomic E-state index is 13.0. The topological polar surface area (TPSA) is 53.8 Å². The molecule has 1 heterocycles. The largest absolute Gasteiger partial charge is 0.325 e. The van der Waals surface area contributed by atoms with Crippen molar-refractivity contribution in [1.82, 2.24) is 0 Å². The van der Waals surface area contributed by atoms with E-state index in [1.165, 1.54) is 36.0 Å². The lowest BCUT2D eigenvalue weighted by Gasteiger charge is -2.08. The van der Waals surface area contributed by atoms with Crippen LogP contribution in [0.15, 0.2) is 88.8 Å². The van der Waals surface area contributed by atoms with E-state index >= 15 is 0 Å². The molecule has 0 aliphatic carbocycles. The number of thioether (sulfide) groups is 1. The lowest BCUT2D eigenvalue weighted by molar-refractivity contribution is -0.113. The molecule has 0 aromatic heterocycles. The zero-order valence-electron chi connectivity index (χ0n) is 15.5. The van der Waals surface area contributed by atoms with Gasteiger partial charge in [-0.25, -0.2) is 9.38 Å². The molecule has 0 bridgehead atoms. The first-order valence-electron chi connectivity index (χ1n) is 9.15. The number of nitrogens with zero attached hydrogens (tertiary/aromatic N) is 2. The molecule has 29 heavy (non-hydrogen) atoms. The van der Waals surface area contributed by atoms with Crippen molar-refractivity contribution < 1.29 is 9.18 Å². The van der Waals surface area contributed by atoms with E-state index in [4.69, 9.17) is 9.98 Å². The Labute approximate surface area is 172 Å². The Kier molecular flexibility index (Phi) is 5.81. The quantitative estimate of drug-likeness (QED) is 0.603. The van der Waals surface area contributed by atoms with Crippen LogP contribution in [0.5, 0.6) is 0 Å². The van der Waals surface area contributed by atoms with Crippen LogP contribution < -0.4 is 5.32 Å². The van der Waals surface area contributed by atoms with E-state index in [1.807, 2.05) is 54.6 Å². The van der Waals surface area contributed by atoms with Crippen molar-refractivity contribution in [3.63, 3.8) is 0 Å². The lowest BCUT2D eigenvalue weighted by Crippen LogP contribution is -2.16. The van der Waals surface area contributed by atoms with Gasteiger partial charge in [0.05, 0.1) is 27.9 Å². The molecule has 3 aromatic carbocycles. The minimum atomic E-state index is -0.337. The van der Waals surface area contributed by atoms with Crippen molar-refractivity contribution in [2.75, 3.05) is 11.1 Å². The van der Waals surface area contributed by atoms with Gasteiger partial charge in [0.1, 0.15) is 5.82 Å². The Balaban J connectivity index is 1.51. The number of rotatable bonds is 4. The molecule has 1 aliphatic rings. The third-order valence-electron chi connectivity index (χ3n) is 4.31. The van der Waals surface area contributed by atoms with Gasteiger partial charge in [0, 0.05) is 12.1 Å². The van der Waals surface area contributed by atoms with Crippen LogP contribution in [0.25, 0.3) is 0 Å². The summed E-state index contributed by atoms with van der Waals surface area (Å²) in [5, 5.41) is 3.60. The molecule has 0 fully saturated rings. The molecule has 6 heteroatoms. The lowest BCUT2D eigenvalue weighted by atomic mass is 10.1. The summed E-state index contributed by atoms with van der Waals surface area (Å²) in [7, 11) is 0. The zero-order chi connectivity index (χ0) is 20.1. The van der Waals surface area contributed by atoms with E-state index in [-0.39, 0.29) is 17.5 Å². The molecule has 4 nitrogen and oxygen atoms in total. The number of fused-ring (bicyclic) bond motifs is 1. The van der Waals surface area contributed by atoms with E-state index in [2.05, 4.69) is 5.32 Å². The van der Waals surface area contributed by atoms with Gasteiger partial charge in [-0.2, -0.15) is 0 Å². The molecule has 1 aliphatic heterocycles. The first-order chi connectivity index (χ1) is 14.2. The monoisotopic (exact) mass is 403 g/mol. The predicted octanol–water partition coefficient (Wildman–Crippen LogP) is 5.75. The number of carbonyl (C=O) groups is 1. The second-order valence-corrected chi connectivity index (χ2v) is 7.49. The summed E-state index contributed by atoms with van der Waals surface area (Å²) < 4.78 is 13.0. The minimum Gasteiger partial charge on any atom is -0.325 e. The Hall–Kier alpha value is -3.25. The average Bonchev–Trinajstić information content (AvgIpc) is 2.94. The van der Waals surface area contributed by atoms with Gasteiger partial charge in [-0.05, 0) is 42.0 Å². The molecule has 0 radical (unpaired) electrons. The normalized spacial score (nSPS) is 13.0. The Morgan fingerprint density at radius 2 is 1.55 bits per heavy atom. The number of aliphatic imine (C=N–C) groups is 2. The number of amides is 1.